The van der Waals surface area contributed by atoms with E-state index in [2.05, 4.69) is 5.32 Å². The number of hydrogen-bond donors (Lipinski definition) is 2. The molecule has 2 rings (SSSR count). The van der Waals surface area contributed by atoms with Gasteiger partial charge in [0.1, 0.15) is 5.60 Å². The summed E-state index contributed by atoms with van der Waals surface area (Å²) in [6, 6.07) is 14.3. The van der Waals surface area contributed by atoms with Gasteiger partial charge >= 0.3 is 0 Å². The molecule has 1 amide bonds. The first-order chi connectivity index (χ1) is 11.0. The summed E-state index contributed by atoms with van der Waals surface area (Å²) in [4.78, 5) is 12.4. The van der Waals surface area contributed by atoms with Gasteiger partial charge in [-0.25, -0.2) is 0 Å². The molecule has 0 heterocycles. The largest absolute Gasteiger partial charge is 0.493 e. The van der Waals surface area contributed by atoms with Crippen LogP contribution in [0.1, 0.15) is 22.8 Å². The third-order valence-electron chi connectivity index (χ3n) is 3.64. The fraction of sp³-hybridized carbons (Fsp3) is 0.278. The minimum atomic E-state index is -1.16. The smallest absolute Gasteiger partial charge is 0.255 e. The molecule has 2 N–H and O–H groups in total. The Kier molecular flexibility index (Phi) is 5.24. The number of nitrogens with one attached hydrogen (secondary N) is 1. The van der Waals surface area contributed by atoms with Crippen molar-refractivity contribution in [2.45, 2.75) is 12.5 Å². The molecule has 0 aliphatic heterocycles. The number of benzene rings is 2. The summed E-state index contributed by atoms with van der Waals surface area (Å²) in [7, 11) is 2.99. The van der Waals surface area contributed by atoms with Crippen LogP contribution in [0.2, 0.25) is 0 Å². The SMILES string of the molecule is COc1cccc(C(=O)NCC(C)(O)c2ccccc2)c1OC. The predicted octanol–water partition coefficient (Wildman–Crippen LogP) is 2.34. The number of amides is 1. The number of ether oxygens (including phenoxy) is 2. The van der Waals surface area contributed by atoms with Crippen molar-refractivity contribution in [3.63, 3.8) is 0 Å². The molecule has 0 saturated carbocycles. The molecule has 1 unspecified atom stereocenters. The second-order valence-electron chi connectivity index (χ2n) is 5.36. The third kappa shape index (κ3) is 3.81. The molecule has 2 aromatic carbocycles. The summed E-state index contributed by atoms with van der Waals surface area (Å²) in [6.07, 6.45) is 0. The minimum absolute atomic E-state index is 0.0796. The number of hydrogen-bond acceptors (Lipinski definition) is 4. The van der Waals surface area contributed by atoms with Crippen LogP contribution in [0.25, 0.3) is 0 Å². The van der Waals surface area contributed by atoms with Crippen LogP contribution in [0, 0.1) is 0 Å². The molecule has 23 heavy (non-hydrogen) atoms. The molecule has 5 heteroatoms. The first-order valence-electron chi connectivity index (χ1n) is 7.26. The summed E-state index contributed by atoms with van der Waals surface area (Å²) in [5.74, 6) is 0.513. The van der Waals surface area contributed by atoms with E-state index in [9.17, 15) is 9.90 Å². The van der Waals surface area contributed by atoms with Crippen molar-refractivity contribution in [2.24, 2.45) is 0 Å². The van der Waals surface area contributed by atoms with Gasteiger partial charge in [0.25, 0.3) is 5.91 Å². The van der Waals surface area contributed by atoms with Crippen LogP contribution in [-0.4, -0.2) is 31.8 Å². The summed E-state index contributed by atoms with van der Waals surface area (Å²) in [5, 5.41) is 13.3. The molecule has 0 bridgehead atoms. The number of carbonyl (C=O) groups is 1. The van der Waals surface area contributed by atoms with Crippen molar-refractivity contribution >= 4 is 5.91 Å². The topological polar surface area (TPSA) is 67.8 Å². The van der Waals surface area contributed by atoms with Crippen LogP contribution in [0.3, 0.4) is 0 Å². The zero-order valence-corrected chi connectivity index (χ0v) is 13.5. The van der Waals surface area contributed by atoms with E-state index in [4.69, 9.17) is 9.47 Å². The second-order valence-corrected chi connectivity index (χ2v) is 5.36. The molecule has 0 radical (unpaired) electrons. The molecule has 0 aliphatic carbocycles. The highest BCUT2D eigenvalue weighted by molar-refractivity contribution is 5.97. The average Bonchev–Trinajstić information content (AvgIpc) is 2.59. The number of para-hydroxylation sites is 1. The highest BCUT2D eigenvalue weighted by Crippen LogP contribution is 2.30. The Hall–Kier alpha value is -2.53. The maximum absolute atomic E-state index is 12.4. The number of rotatable bonds is 6. The van der Waals surface area contributed by atoms with Gasteiger partial charge < -0.3 is 19.9 Å². The van der Waals surface area contributed by atoms with E-state index in [-0.39, 0.29) is 12.5 Å². The standard InChI is InChI=1S/C18H21NO4/c1-18(21,13-8-5-4-6-9-13)12-19-17(20)14-10-7-11-15(22-2)16(14)23-3/h4-11,21H,12H2,1-3H3,(H,19,20). The van der Waals surface area contributed by atoms with Crippen LogP contribution in [0.4, 0.5) is 0 Å². The fourth-order valence-electron chi connectivity index (χ4n) is 2.31. The molecule has 0 aliphatic rings. The van der Waals surface area contributed by atoms with E-state index in [1.165, 1.54) is 14.2 Å². The quantitative estimate of drug-likeness (QED) is 0.858. The first kappa shape index (κ1) is 16.8. The number of carbonyl (C=O) groups excluding carboxylic acids is 1. The monoisotopic (exact) mass is 315 g/mol. The average molecular weight is 315 g/mol. The van der Waals surface area contributed by atoms with Crippen molar-refractivity contribution in [1.29, 1.82) is 0 Å². The molecule has 0 spiro atoms. The molecule has 2 aromatic rings. The van der Waals surface area contributed by atoms with Crippen molar-refractivity contribution in [3.05, 3.63) is 59.7 Å². The fourth-order valence-corrected chi connectivity index (χ4v) is 2.31. The van der Waals surface area contributed by atoms with Gasteiger partial charge in [-0.15, -0.1) is 0 Å². The summed E-state index contributed by atoms with van der Waals surface area (Å²) in [6.45, 7) is 1.74. The van der Waals surface area contributed by atoms with Gasteiger partial charge in [-0.1, -0.05) is 36.4 Å². The molecular formula is C18H21NO4. The minimum Gasteiger partial charge on any atom is -0.493 e. The zero-order valence-electron chi connectivity index (χ0n) is 13.5. The van der Waals surface area contributed by atoms with E-state index in [1.807, 2.05) is 30.3 Å². The van der Waals surface area contributed by atoms with Crippen molar-refractivity contribution in [2.75, 3.05) is 20.8 Å². The van der Waals surface area contributed by atoms with E-state index in [0.717, 1.165) is 5.56 Å². The molecule has 0 saturated heterocycles. The van der Waals surface area contributed by atoms with Gasteiger partial charge in [0.2, 0.25) is 0 Å². The maximum atomic E-state index is 12.4. The number of methoxy groups -OCH3 is 2. The molecule has 122 valence electrons. The first-order valence-corrected chi connectivity index (χ1v) is 7.26. The van der Waals surface area contributed by atoms with E-state index < -0.39 is 5.60 Å². The van der Waals surface area contributed by atoms with Gasteiger partial charge in [-0.3, -0.25) is 4.79 Å². The van der Waals surface area contributed by atoms with Crippen molar-refractivity contribution in [1.82, 2.24) is 5.32 Å². The maximum Gasteiger partial charge on any atom is 0.255 e. The molecule has 0 aromatic heterocycles. The normalized spacial score (nSPS) is 13.0. The molecule has 0 fully saturated rings. The van der Waals surface area contributed by atoms with Gasteiger partial charge in [-0.05, 0) is 24.6 Å². The van der Waals surface area contributed by atoms with Crippen molar-refractivity contribution in [3.8, 4) is 11.5 Å². The highest BCUT2D eigenvalue weighted by atomic mass is 16.5. The van der Waals surface area contributed by atoms with Crippen molar-refractivity contribution < 1.29 is 19.4 Å². The Morgan fingerprint density at radius 3 is 2.39 bits per heavy atom. The van der Waals surface area contributed by atoms with Crippen LogP contribution in [0.15, 0.2) is 48.5 Å². The predicted molar refractivity (Wildman–Crippen MR) is 87.9 cm³/mol. The Bertz CT molecular complexity index is 668. The van der Waals surface area contributed by atoms with Crippen LogP contribution < -0.4 is 14.8 Å². The van der Waals surface area contributed by atoms with Gasteiger partial charge in [0, 0.05) is 0 Å². The molecule has 5 nitrogen and oxygen atoms in total. The Balaban J connectivity index is 2.14. The Morgan fingerprint density at radius 1 is 1.09 bits per heavy atom. The van der Waals surface area contributed by atoms with Crippen LogP contribution >= 0.6 is 0 Å². The molecular weight excluding hydrogens is 294 g/mol. The van der Waals surface area contributed by atoms with Crippen LogP contribution in [-0.2, 0) is 5.60 Å². The molecule has 1 atom stereocenters. The highest BCUT2D eigenvalue weighted by Gasteiger charge is 2.25. The lowest BCUT2D eigenvalue weighted by molar-refractivity contribution is 0.0525. The van der Waals surface area contributed by atoms with Gasteiger partial charge in [0.15, 0.2) is 11.5 Å². The lowest BCUT2D eigenvalue weighted by Crippen LogP contribution is -2.38. The van der Waals surface area contributed by atoms with Crippen LogP contribution in [0.5, 0.6) is 11.5 Å². The van der Waals surface area contributed by atoms with Gasteiger partial charge in [-0.2, -0.15) is 0 Å². The number of aliphatic hydroxyl groups is 1. The Morgan fingerprint density at radius 2 is 1.78 bits per heavy atom. The Labute approximate surface area is 135 Å². The summed E-state index contributed by atoms with van der Waals surface area (Å²) >= 11 is 0. The summed E-state index contributed by atoms with van der Waals surface area (Å²) < 4.78 is 10.4. The van der Waals surface area contributed by atoms with E-state index in [1.54, 1.807) is 25.1 Å². The van der Waals surface area contributed by atoms with Gasteiger partial charge in [0.05, 0.1) is 26.3 Å². The summed E-state index contributed by atoms with van der Waals surface area (Å²) in [5.41, 5.74) is -0.0724. The van der Waals surface area contributed by atoms with E-state index in [0.29, 0.717) is 17.1 Å². The lowest BCUT2D eigenvalue weighted by Gasteiger charge is -2.24. The zero-order chi connectivity index (χ0) is 16.9. The lowest BCUT2D eigenvalue weighted by atomic mass is 9.96. The second kappa shape index (κ2) is 7.15. The third-order valence-corrected chi connectivity index (χ3v) is 3.64. The van der Waals surface area contributed by atoms with E-state index >= 15 is 0 Å².